The van der Waals surface area contributed by atoms with E-state index in [4.69, 9.17) is 11.5 Å². The van der Waals surface area contributed by atoms with Crippen LogP contribution in [0.15, 0.2) is 24.3 Å². The molecule has 0 spiro atoms. The molecule has 0 heterocycles. The van der Waals surface area contributed by atoms with E-state index in [-0.39, 0.29) is 24.5 Å². The van der Waals surface area contributed by atoms with Crippen molar-refractivity contribution in [2.45, 2.75) is 76.7 Å². The molecule has 12 heteroatoms. The normalized spacial score (nSPS) is 15.3. The van der Waals surface area contributed by atoms with Gasteiger partial charge in [0.1, 0.15) is 23.9 Å². The van der Waals surface area contributed by atoms with E-state index < -0.39 is 54.0 Å². The number of nitrogens with one attached hydrogen (secondary N) is 3. The number of hydrogen-bond acceptors (Lipinski definition) is 8. The Bertz CT molecular complexity index is 876. The summed E-state index contributed by atoms with van der Waals surface area (Å²) in [7, 11) is 0. The van der Waals surface area contributed by atoms with Crippen molar-refractivity contribution in [1.82, 2.24) is 16.0 Å². The number of unbranched alkanes of at least 4 members (excludes halogenated alkanes) is 1. The van der Waals surface area contributed by atoms with Crippen molar-refractivity contribution in [3.05, 3.63) is 29.8 Å². The Hall–Kier alpha value is -3.22. The summed E-state index contributed by atoms with van der Waals surface area (Å²) in [5, 5.41) is 36.5. The van der Waals surface area contributed by atoms with Crippen LogP contribution in [-0.2, 0) is 25.6 Å². The molecule has 5 unspecified atom stereocenters. The first-order valence-corrected chi connectivity index (χ1v) is 11.9. The summed E-state index contributed by atoms with van der Waals surface area (Å²) in [6.45, 7) is 5.14. The lowest BCUT2D eigenvalue weighted by atomic mass is 10.0. The smallest absolute Gasteiger partial charge is 0.326 e. The average Bonchev–Trinajstić information content (AvgIpc) is 2.81. The first-order valence-electron chi connectivity index (χ1n) is 11.9. The molecule has 12 nitrogen and oxygen atoms in total. The highest BCUT2D eigenvalue weighted by Crippen LogP contribution is 2.12. The van der Waals surface area contributed by atoms with Gasteiger partial charge >= 0.3 is 5.97 Å². The van der Waals surface area contributed by atoms with Gasteiger partial charge in [0.2, 0.25) is 17.7 Å². The van der Waals surface area contributed by atoms with Crippen molar-refractivity contribution in [3.63, 3.8) is 0 Å². The molecule has 0 saturated heterocycles. The van der Waals surface area contributed by atoms with Gasteiger partial charge in [-0.3, -0.25) is 14.4 Å². The lowest BCUT2D eigenvalue weighted by molar-refractivity contribution is -0.142. The Morgan fingerprint density at radius 1 is 0.889 bits per heavy atom. The van der Waals surface area contributed by atoms with Gasteiger partial charge in [-0.15, -0.1) is 0 Å². The number of carboxylic acids is 1. The van der Waals surface area contributed by atoms with Gasteiger partial charge in [0.05, 0.1) is 12.1 Å². The minimum atomic E-state index is -1.41. The summed E-state index contributed by atoms with van der Waals surface area (Å²) < 4.78 is 0. The van der Waals surface area contributed by atoms with E-state index in [1.165, 1.54) is 19.1 Å². The first-order chi connectivity index (χ1) is 16.9. The third kappa shape index (κ3) is 10.2. The molecule has 5 atom stereocenters. The van der Waals surface area contributed by atoms with E-state index in [1.54, 1.807) is 26.0 Å². The van der Waals surface area contributed by atoms with E-state index in [0.717, 1.165) is 0 Å². The maximum atomic E-state index is 13.1. The second-order valence-corrected chi connectivity index (χ2v) is 9.11. The number of carboxylic acid groups (broad SMARTS) is 1. The van der Waals surface area contributed by atoms with Gasteiger partial charge in [0, 0.05) is 6.42 Å². The van der Waals surface area contributed by atoms with Gasteiger partial charge in [0.25, 0.3) is 0 Å². The summed E-state index contributed by atoms with van der Waals surface area (Å²) in [4.78, 5) is 50.1. The largest absolute Gasteiger partial charge is 0.508 e. The number of rotatable bonds is 15. The molecule has 0 fully saturated rings. The predicted molar refractivity (Wildman–Crippen MR) is 133 cm³/mol. The maximum absolute atomic E-state index is 13.1. The molecule has 1 aromatic carbocycles. The molecule has 0 radical (unpaired) electrons. The van der Waals surface area contributed by atoms with Crippen LogP contribution in [0.3, 0.4) is 0 Å². The molecule has 202 valence electrons. The highest BCUT2D eigenvalue weighted by Gasteiger charge is 2.33. The fourth-order valence-corrected chi connectivity index (χ4v) is 3.32. The van der Waals surface area contributed by atoms with Crippen molar-refractivity contribution in [2.24, 2.45) is 17.4 Å². The Labute approximate surface area is 210 Å². The van der Waals surface area contributed by atoms with Crippen LogP contribution in [0.5, 0.6) is 5.75 Å². The molecule has 0 aromatic heterocycles. The monoisotopic (exact) mass is 509 g/mol. The Kier molecular flexibility index (Phi) is 12.9. The van der Waals surface area contributed by atoms with Crippen LogP contribution in [0.4, 0.5) is 0 Å². The fourth-order valence-electron chi connectivity index (χ4n) is 3.32. The SMILES string of the molecule is CC(C)C(N)C(=O)NC(C(=O)NC(Cc1ccc(O)cc1)C(=O)NC(CCCCN)C(=O)O)C(C)O. The molecule has 0 aliphatic carbocycles. The lowest BCUT2D eigenvalue weighted by Gasteiger charge is -2.27. The Morgan fingerprint density at radius 3 is 1.97 bits per heavy atom. The summed E-state index contributed by atoms with van der Waals surface area (Å²) in [5.41, 5.74) is 11.9. The van der Waals surface area contributed by atoms with Gasteiger partial charge in [-0.1, -0.05) is 26.0 Å². The first kappa shape index (κ1) is 30.8. The molecule has 3 amide bonds. The number of aliphatic hydroxyl groups is 1. The summed E-state index contributed by atoms with van der Waals surface area (Å²) in [5.74, 6) is -3.69. The van der Waals surface area contributed by atoms with Gasteiger partial charge < -0.3 is 42.7 Å². The van der Waals surface area contributed by atoms with E-state index in [1.807, 2.05) is 0 Å². The van der Waals surface area contributed by atoms with Gasteiger partial charge in [0.15, 0.2) is 0 Å². The minimum absolute atomic E-state index is 0.00741. The molecule has 0 bridgehead atoms. The quantitative estimate of drug-likeness (QED) is 0.135. The molecular weight excluding hydrogens is 470 g/mol. The summed E-state index contributed by atoms with van der Waals surface area (Å²) in [6.07, 6.45) is -0.138. The third-order valence-electron chi connectivity index (χ3n) is 5.65. The number of carbonyl (C=O) groups excluding carboxylic acids is 3. The highest BCUT2D eigenvalue weighted by molar-refractivity contribution is 5.94. The van der Waals surface area contributed by atoms with Gasteiger partial charge in [-0.2, -0.15) is 0 Å². The number of phenols is 1. The average molecular weight is 510 g/mol. The second-order valence-electron chi connectivity index (χ2n) is 9.11. The van der Waals surface area contributed by atoms with Crippen LogP contribution in [-0.4, -0.2) is 75.8 Å². The third-order valence-corrected chi connectivity index (χ3v) is 5.65. The van der Waals surface area contributed by atoms with Crippen LogP contribution in [0.1, 0.15) is 45.6 Å². The number of phenolic OH excluding ortho intramolecular Hbond substituents is 1. The Balaban J connectivity index is 3.11. The van der Waals surface area contributed by atoms with Gasteiger partial charge in [-0.25, -0.2) is 4.79 Å². The molecular formula is C24H39N5O7. The molecule has 0 saturated carbocycles. The second kappa shape index (κ2) is 15.0. The zero-order valence-electron chi connectivity index (χ0n) is 20.9. The number of aliphatic hydroxyl groups excluding tert-OH is 1. The van der Waals surface area contributed by atoms with Crippen molar-refractivity contribution in [3.8, 4) is 5.75 Å². The van der Waals surface area contributed by atoms with Gasteiger partial charge in [-0.05, 0) is 56.3 Å². The van der Waals surface area contributed by atoms with Crippen LogP contribution in [0.2, 0.25) is 0 Å². The van der Waals surface area contributed by atoms with E-state index in [9.17, 15) is 34.5 Å². The van der Waals surface area contributed by atoms with Crippen LogP contribution < -0.4 is 27.4 Å². The number of aliphatic carboxylic acids is 1. The zero-order valence-corrected chi connectivity index (χ0v) is 20.9. The number of carbonyl (C=O) groups is 4. The number of nitrogens with two attached hydrogens (primary N) is 2. The maximum Gasteiger partial charge on any atom is 0.326 e. The zero-order chi connectivity index (χ0) is 27.4. The molecule has 0 aliphatic heterocycles. The molecule has 36 heavy (non-hydrogen) atoms. The molecule has 1 aromatic rings. The number of hydrogen-bond donors (Lipinski definition) is 8. The number of benzene rings is 1. The molecule has 10 N–H and O–H groups in total. The summed E-state index contributed by atoms with van der Waals surface area (Å²) >= 11 is 0. The number of aromatic hydroxyl groups is 1. The van der Waals surface area contributed by atoms with Crippen molar-refractivity contribution < 1.29 is 34.5 Å². The fraction of sp³-hybridized carbons (Fsp3) is 0.583. The van der Waals surface area contributed by atoms with Crippen LogP contribution >= 0.6 is 0 Å². The summed E-state index contributed by atoms with van der Waals surface area (Å²) in [6, 6.07) is 1.16. The molecule has 0 aliphatic rings. The standard InChI is InChI=1S/C24H39N5O7/c1-13(2)19(26)22(33)29-20(14(3)30)23(34)28-18(12-15-7-9-16(31)10-8-15)21(32)27-17(24(35)36)6-4-5-11-25/h7-10,13-14,17-20,30-31H,4-6,11-12,25-26H2,1-3H3,(H,27,32)(H,28,34)(H,29,33)(H,35,36). The van der Waals surface area contributed by atoms with Crippen molar-refractivity contribution in [1.29, 1.82) is 0 Å². The van der Waals surface area contributed by atoms with E-state index in [2.05, 4.69) is 16.0 Å². The van der Waals surface area contributed by atoms with Crippen molar-refractivity contribution >= 4 is 23.7 Å². The lowest BCUT2D eigenvalue weighted by Crippen LogP contribution is -2.60. The predicted octanol–water partition coefficient (Wildman–Crippen LogP) is -1.03. The van der Waals surface area contributed by atoms with E-state index in [0.29, 0.717) is 24.9 Å². The minimum Gasteiger partial charge on any atom is -0.508 e. The Morgan fingerprint density at radius 2 is 1.47 bits per heavy atom. The molecule has 1 rings (SSSR count). The van der Waals surface area contributed by atoms with Crippen LogP contribution in [0, 0.1) is 5.92 Å². The van der Waals surface area contributed by atoms with Crippen molar-refractivity contribution in [2.75, 3.05) is 6.54 Å². The van der Waals surface area contributed by atoms with Crippen LogP contribution in [0.25, 0.3) is 0 Å². The highest BCUT2D eigenvalue weighted by atomic mass is 16.4. The van der Waals surface area contributed by atoms with E-state index >= 15 is 0 Å². The number of amides is 3. The topological polar surface area (TPSA) is 217 Å².